The highest BCUT2D eigenvalue weighted by atomic mass is 19.4. The zero-order chi connectivity index (χ0) is 24.6. The molecule has 12 heteroatoms. The number of aliphatic carboxylic acids is 1. The van der Waals surface area contributed by atoms with E-state index in [9.17, 15) is 27.6 Å². The molecule has 0 unspecified atom stereocenters. The lowest BCUT2D eigenvalue weighted by Crippen LogP contribution is -2.56. The third-order valence-corrected chi connectivity index (χ3v) is 4.64. The molecule has 9 nitrogen and oxygen atoms in total. The van der Waals surface area contributed by atoms with Crippen LogP contribution in [0.2, 0.25) is 0 Å². The molecule has 0 saturated carbocycles. The summed E-state index contributed by atoms with van der Waals surface area (Å²) >= 11 is 0. The smallest absolute Gasteiger partial charge is 0.475 e. The minimum atomic E-state index is -5.08. The summed E-state index contributed by atoms with van der Waals surface area (Å²) in [5.74, 6) is -3.64. The fourth-order valence-electron chi connectivity index (χ4n) is 2.96. The zero-order valence-electron chi connectivity index (χ0n) is 17.9. The maximum absolute atomic E-state index is 13.0. The van der Waals surface area contributed by atoms with Gasteiger partial charge < -0.3 is 21.1 Å². The first-order chi connectivity index (χ1) is 14.8. The van der Waals surface area contributed by atoms with Crippen molar-refractivity contribution in [3.05, 3.63) is 30.1 Å². The molecule has 4 N–H and O–H groups in total. The van der Waals surface area contributed by atoms with Crippen LogP contribution in [0.5, 0.6) is 0 Å². The predicted molar refractivity (Wildman–Crippen MR) is 107 cm³/mol. The van der Waals surface area contributed by atoms with E-state index in [2.05, 4.69) is 10.3 Å². The van der Waals surface area contributed by atoms with E-state index < -0.39 is 30.3 Å². The lowest BCUT2D eigenvalue weighted by Gasteiger charge is -2.30. The van der Waals surface area contributed by atoms with Crippen molar-refractivity contribution in [2.24, 2.45) is 11.7 Å². The number of carbonyl (C=O) groups excluding carboxylic acids is 3. The Labute approximate surface area is 183 Å². The standard InChI is InChI=1S/C18H26N4O3.C2HF3O2/c1-11(2)15(21-17(24)12(3)19)18(25)22-10-6-8-14(22)16(23)13-7-4-5-9-20-13;3-2(4,5)1(6)7/h4-5,7,9,11-12,14-15H,6,8,10,19H2,1-3H3,(H,21,24);(H,6,7)/t12-,14-,15-;/m0./s1. The number of nitrogens with one attached hydrogen (secondary N) is 1. The number of hydrogen-bond acceptors (Lipinski definition) is 6. The number of ketones is 1. The van der Waals surface area contributed by atoms with Crippen molar-refractivity contribution >= 4 is 23.6 Å². The van der Waals surface area contributed by atoms with Crippen molar-refractivity contribution in [3.8, 4) is 0 Å². The number of carboxylic acid groups (broad SMARTS) is 1. The number of likely N-dealkylation sites (tertiary alicyclic amines) is 1. The van der Waals surface area contributed by atoms with Crippen molar-refractivity contribution in [1.29, 1.82) is 0 Å². The van der Waals surface area contributed by atoms with Gasteiger partial charge in [0.2, 0.25) is 17.6 Å². The summed E-state index contributed by atoms with van der Waals surface area (Å²) in [5.41, 5.74) is 5.94. The Kier molecular flexibility index (Phi) is 9.76. The second kappa shape index (κ2) is 11.6. The van der Waals surface area contributed by atoms with E-state index in [1.54, 1.807) is 36.2 Å². The zero-order valence-corrected chi connectivity index (χ0v) is 17.9. The van der Waals surface area contributed by atoms with Crippen molar-refractivity contribution in [2.45, 2.75) is 57.9 Å². The van der Waals surface area contributed by atoms with E-state index in [4.69, 9.17) is 15.6 Å². The summed E-state index contributed by atoms with van der Waals surface area (Å²) in [4.78, 5) is 52.2. The van der Waals surface area contributed by atoms with Crippen LogP contribution in [0.15, 0.2) is 24.4 Å². The number of nitrogens with two attached hydrogens (primary N) is 1. The van der Waals surface area contributed by atoms with Crippen LogP contribution < -0.4 is 11.1 Å². The van der Waals surface area contributed by atoms with Gasteiger partial charge >= 0.3 is 12.1 Å². The Morgan fingerprint density at radius 2 is 1.81 bits per heavy atom. The molecular weight excluding hydrogens is 433 g/mol. The Hall–Kier alpha value is -3.02. The second-order valence-corrected chi connectivity index (χ2v) is 7.59. The maximum Gasteiger partial charge on any atom is 0.490 e. The van der Waals surface area contributed by atoms with Gasteiger partial charge in [0, 0.05) is 12.7 Å². The van der Waals surface area contributed by atoms with Gasteiger partial charge in [0.1, 0.15) is 11.7 Å². The van der Waals surface area contributed by atoms with Gasteiger partial charge in [-0.1, -0.05) is 19.9 Å². The first kappa shape index (κ1) is 27.0. The largest absolute Gasteiger partial charge is 0.490 e. The number of carboxylic acids is 1. The highest BCUT2D eigenvalue weighted by Crippen LogP contribution is 2.23. The number of amides is 2. The highest BCUT2D eigenvalue weighted by Gasteiger charge is 2.39. The summed E-state index contributed by atoms with van der Waals surface area (Å²) < 4.78 is 31.7. The molecule has 0 bridgehead atoms. The number of Topliss-reactive ketones (excluding diaryl/α,β-unsaturated/α-hetero) is 1. The Balaban J connectivity index is 0.000000633. The first-order valence-electron chi connectivity index (χ1n) is 9.89. The molecule has 1 saturated heterocycles. The van der Waals surface area contributed by atoms with Crippen LogP contribution in [0.1, 0.15) is 44.1 Å². The number of aromatic nitrogens is 1. The van der Waals surface area contributed by atoms with Gasteiger partial charge in [-0.15, -0.1) is 0 Å². The van der Waals surface area contributed by atoms with Gasteiger partial charge in [0.25, 0.3) is 0 Å². The molecule has 178 valence electrons. The Morgan fingerprint density at radius 3 is 2.25 bits per heavy atom. The first-order valence-corrected chi connectivity index (χ1v) is 9.89. The highest BCUT2D eigenvalue weighted by molar-refractivity contribution is 6.01. The summed E-state index contributed by atoms with van der Waals surface area (Å²) in [7, 11) is 0. The predicted octanol–water partition coefficient (Wildman–Crippen LogP) is 1.38. The minimum absolute atomic E-state index is 0.110. The van der Waals surface area contributed by atoms with Gasteiger partial charge in [-0.25, -0.2) is 4.79 Å². The molecule has 3 atom stereocenters. The number of rotatable bonds is 6. The molecule has 2 heterocycles. The van der Waals surface area contributed by atoms with E-state index >= 15 is 0 Å². The lowest BCUT2D eigenvalue weighted by atomic mass is 10.0. The molecule has 0 aromatic carbocycles. The van der Waals surface area contributed by atoms with Crippen LogP contribution in [-0.4, -0.2) is 69.4 Å². The van der Waals surface area contributed by atoms with E-state index in [0.29, 0.717) is 18.7 Å². The van der Waals surface area contributed by atoms with Crippen LogP contribution in [0.4, 0.5) is 13.2 Å². The second-order valence-electron chi connectivity index (χ2n) is 7.59. The molecule has 2 rings (SSSR count). The maximum atomic E-state index is 13.0. The Bertz CT molecular complexity index is 815. The number of halogens is 3. The van der Waals surface area contributed by atoms with E-state index in [-0.39, 0.29) is 23.5 Å². The fraction of sp³-hybridized carbons (Fsp3) is 0.550. The van der Waals surface area contributed by atoms with E-state index in [1.807, 2.05) is 13.8 Å². The van der Waals surface area contributed by atoms with E-state index in [0.717, 1.165) is 6.42 Å². The SMILES string of the molecule is CC(C)[C@H](NC(=O)[C@H](C)N)C(=O)N1CCC[C@H]1C(=O)c1ccccn1.O=C(O)C(F)(F)F. The summed E-state index contributed by atoms with van der Waals surface area (Å²) in [6.07, 6.45) is -2.16. The summed E-state index contributed by atoms with van der Waals surface area (Å²) in [5, 5.41) is 9.83. The number of pyridine rings is 1. The van der Waals surface area contributed by atoms with Crippen LogP contribution >= 0.6 is 0 Å². The van der Waals surface area contributed by atoms with Crippen LogP contribution in [0, 0.1) is 5.92 Å². The fourth-order valence-corrected chi connectivity index (χ4v) is 2.96. The molecule has 0 aliphatic carbocycles. The average Bonchev–Trinajstić information content (AvgIpc) is 3.20. The normalized spacial score (nSPS) is 17.8. The van der Waals surface area contributed by atoms with Gasteiger partial charge in [-0.05, 0) is 37.8 Å². The van der Waals surface area contributed by atoms with Crippen molar-refractivity contribution in [2.75, 3.05) is 6.54 Å². The molecule has 1 aliphatic heterocycles. The third-order valence-electron chi connectivity index (χ3n) is 4.64. The molecule has 0 spiro atoms. The van der Waals surface area contributed by atoms with Crippen LogP contribution in [0.3, 0.4) is 0 Å². The molecule has 1 fully saturated rings. The molecule has 1 aromatic heterocycles. The van der Waals surface area contributed by atoms with Gasteiger partial charge in [-0.2, -0.15) is 13.2 Å². The number of hydrogen-bond donors (Lipinski definition) is 3. The van der Waals surface area contributed by atoms with Gasteiger partial charge in [0.05, 0.1) is 12.1 Å². The summed E-state index contributed by atoms with van der Waals surface area (Å²) in [6.45, 7) is 5.78. The van der Waals surface area contributed by atoms with Gasteiger partial charge in [0.15, 0.2) is 0 Å². The van der Waals surface area contributed by atoms with Crippen LogP contribution in [-0.2, 0) is 14.4 Å². The van der Waals surface area contributed by atoms with E-state index in [1.165, 1.54) is 0 Å². The molecule has 0 radical (unpaired) electrons. The Morgan fingerprint density at radius 1 is 1.22 bits per heavy atom. The molecule has 32 heavy (non-hydrogen) atoms. The third kappa shape index (κ3) is 7.59. The quantitative estimate of drug-likeness (QED) is 0.544. The monoisotopic (exact) mass is 460 g/mol. The minimum Gasteiger partial charge on any atom is -0.475 e. The summed E-state index contributed by atoms with van der Waals surface area (Å²) in [6, 6.07) is 3.22. The van der Waals surface area contributed by atoms with Crippen molar-refractivity contribution in [3.63, 3.8) is 0 Å². The lowest BCUT2D eigenvalue weighted by molar-refractivity contribution is -0.192. The number of alkyl halides is 3. The average molecular weight is 460 g/mol. The van der Waals surface area contributed by atoms with Crippen molar-refractivity contribution in [1.82, 2.24) is 15.2 Å². The molecule has 1 aliphatic rings. The topological polar surface area (TPSA) is 143 Å². The van der Waals surface area contributed by atoms with Crippen molar-refractivity contribution < 1.29 is 37.5 Å². The molecule has 1 aromatic rings. The number of carbonyl (C=O) groups is 4. The van der Waals surface area contributed by atoms with Crippen LogP contribution in [0.25, 0.3) is 0 Å². The van der Waals surface area contributed by atoms with Gasteiger partial charge in [-0.3, -0.25) is 19.4 Å². The molecule has 2 amide bonds. The molecular formula is C20H27F3N4O5. The number of nitrogens with zero attached hydrogens (tertiary/aromatic N) is 2.